The number of carbonyl (C=O) groups excluding carboxylic acids is 1. The summed E-state index contributed by atoms with van der Waals surface area (Å²) in [5, 5.41) is 6.88. The van der Waals surface area contributed by atoms with Crippen molar-refractivity contribution in [2.24, 2.45) is 11.0 Å². The van der Waals surface area contributed by atoms with Crippen LogP contribution in [0.1, 0.15) is 40.0 Å². The van der Waals surface area contributed by atoms with Crippen LogP contribution in [0, 0.1) is 5.92 Å². The molecule has 138 valence electrons. The van der Waals surface area contributed by atoms with Gasteiger partial charge in [0.1, 0.15) is 6.10 Å². The van der Waals surface area contributed by atoms with E-state index >= 15 is 0 Å². The topological polar surface area (TPSA) is 69.6 Å². The fraction of sp³-hybridized carbons (Fsp3) is 0.882. The molecule has 0 aromatic rings. The molecule has 0 bridgehead atoms. The largest absolute Gasteiger partial charge is 0.469 e. The lowest BCUT2D eigenvalue weighted by Gasteiger charge is -2.40. The van der Waals surface area contributed by atoms with Crippen molar-refractivity contribution >= 4 is 11.7 Å². The number of hydrazone groups is 1. The Morgan fingerprint density at radius 3 is 2.88 bits per heavy atom. The summed E-state index contributed by atoms with van der Waals surface area (Å²) in [5.41, 5.74) is 0.828. The highest BCUT2D eigenvalue weighted by molar-refractivity contribution is 5.91. The highest BCUT2D eigenvalue weighted by Gasteiger charge is 2.38. The van der Waals surface area contributed by atoms with Crippen LogP contribution in [0.3, 0.4) is 0 Å². The number of nitrogens with zero attached hydrogens (tertiary/aromatic N) is 2. The normalized spacial score (nSPS) is 29.7. The number of carbonyl (C=O) groups is 1. The molecule has 2 rings (SSSR count). The molecule has 0 saturated carbocycles. The third-order valence-electron chi connectivity index (χ3n) is 4.50. The van der Waals surface area contributed by atoms with Gasteiger partial charge >= 0.3 is 5.97 Å². The minimum absolute atomic E-state index is 0.0390. The average Bonchev–Trinajstić information content (AvgIpc) is 2.96. The van der Waals surface area contributed by atoms with Crippen molar-refractivity contribution in [3.63, 3.8) is 0 Å². The van der Waals surface area contributed by atoms with Crippen LogP contribution in [-0.2, 0) is 23.7 Å². The molecule has 24 heavy (non-hydrogen) atoms. The Morgan fingerprint density at radius 1 is 1.46 bits per heavy atom. The van der Waals surface area contributed by atoms with Gasteiger partial charge in [0.25, 0.3) is 0 Å². The van der Waals surface area contributed by atoms with Gasteiger partial charge in [0.05, 0.1) is 38.5 Å². The van der Waals surface area contributed by atoms with E-state index in [1.54, 1.807) is 7.11 Å². The van der Waals surface area contributed by atoms with Crippen LogP contribution in [0.4, 0.5) is 0 Å². The Hall–Kier alpha value is -1.18. The molecular weight excluding hydrogens is 312 g/mol. The van der Waals surface area contributed by atoms with Crippen molar-refractivity contribution in [3.8, 4) is 0 Å². The number of ether oxygens (including phenoxy) is 4. The zero-order valence-electron chi connectivity index (χ0n) is 15.4. The van der Waals surface area contributed by atoms with Crippen molar-refractivity contribution in [3.05, 3.63) is 0 Å². The second-order valence-corrected chi connectivity index (χ2v) is 6.99. The minimum atomic E-state index is -0.689. The fourth-order valence-electron chi connectivity index (χ4n) is 3.20. The molecule has 0 spiro atoms. The summed E-state index contributed by atoms with van der Waals surface area (Å²) < 4.78 is 21.9. The van der Waals surface area contributed by atoms with Crippen molar-refractivity contribution in [2.45, 2.75) is 58.0 Å². The number of hydrogen-bond acceptors (Lipinski definition) is 7. The summed E-state index contributed by atoms with van der Waals surface area (Å²) in [6.45, 7) is 7.70. The number of esters is 1. The summed E-state index contributed by atoms with van der Waals surface area (Å²) in [6, 6.07) is 0.286. The molecule has 0 amide bonds. The summed E-state index contributed by atoms with van der Waals surface area (Å²) >= 11 is 0. The van der Waals surface area contributed by atoms with Gasteiger partial charge in [-0.05, 0) is 32.6 Å². The van der Waals surface area contributed by atoms with Crippen molar-refractivity contribution in [2.75, 3.05) is 34.0 Å². The monoisotopic (exact) mass is 342 g/mol. The van der Waals surface area contributed by atoms with Crippen LogP contribution in [0.25, 0.3) is 0 Å². The maximum Gasteiger partial charge on any atom is 0.305 e. The Balaban J connectivity index is 2.15. The second kappa shape index (κ2) is 8.27. The lowest BCUT2D eigenvalue weighted by Crippen LogP contribution is -2.50. The van der Waals surface area contributed by atoms with Gasteiger partial charge in [0.15, 0.2) is 5.79 Å². The Morgan fingerprint density at radius 2 is 2.21 bits per heavy atom. The molecule has 0 unspecified atom stereocenters. The third kappa shape index (κ3) is 4.91. The van der Waals surface area contributed by atoms with Crippen molar-refractivity contribution in [1.82, 2.24) is 5.01 Å². The molecule has 0 N–H and O–H groups in total. The molecule has 2 aliphatic heterocycles. The lowest BCUT2D eigenvalue weighted by molar-refractivity contribution is -0.243. The van der Waals surface area contributed by atoms with Gasteiger partial charge in [-0.15, -0.1) is 0 Å². The molecule has 2 aliphatic rings. The number of rotatable bonds is 6. The predicted octanol–water partition coefficient (Wildman–Crippen LogP) is 1.80. The first kappa shape index (κ1) is 19.1. The van der Waals surface area contributed by atoms with Crippen LogP contribution in [0.2, 0.25) is 0 Å². The predicted molar refractivity (Wildman–Crippen MR) is 89.7 cm³/mol. The smallest absolute Gasteiger partial charge is 0.305 e. The van der Waals surface area contributed by atoms with E-state index in [9.17, 15) is 4.79 Å². The van der Waals surface area contributed by atoms with Gasteiger partial charge in [-0.3, -0.25) is 9.80 Å². The quantitative estimate of drug-likeness (QED) is 0.686. The van der Waals surface area contributed by atoms with Crippen LogP contribution in [0.15, 0.2) is 5.10 Å². The maximum atomic E-state index is 11.6. The van der Waals surface area contributed by atoms with E-state index in [1.807, 2.05) is 20.8 Å². The maximum absolute atomic E-state index is 11.6. The van der Waals surface area contributed by atoms with E-state index in [1.165, 1.54) is 7.11 Å². The molecule has 0 aromatic carbocycles. The van der Waals surface area contributed by atoms with Gasteiger partial charge in [-0.25, -0.2) is 0 Å². The average molecular weight is 342 g/mol. The van der Waals surface area contributed by atoms with E-state index in [-0.39, 0.29) is 30.5 Å². The SMILES string of the molecule is COC[C@@H]1CCCN1/N=C1\COC(C)(C)O[C@H]1[C@@H](C)CC(=O)OC. The van der Waals surface area contributed by atoms with Crippen LogP contribution in [-0.4, -0.2) is 68.6 Å². The van der Waals surface area contributed by atoms with Gasteiger partial charge in [0.2, 0.25) is 0 Å². The Kier molecular flexibility index (Phi) is 6.60. The first-order chi connectivity index (χ1) is 11.4. The first-order valence-corrected chi connectivity index (χ1v) is 8.58. The minimum Gasteiger partial charge on any atom is -0.469 e. The first-order valence-electron chi connectivity index (χ1n) is 8.58. The van der Waals surface area contributed by atoms with Gasteiger partial charge in [-0.2, -0.15) is 5.10 Å². The molecule has 2 heterocycles. The van der Waals surface area contributed by atoms with E-state index < -0.39 is 5.79 Å². The second-order valence-electron chi connectivity index (χ2n) is 6.99. The van der Waals surface area contributed by atoms with Crippen LogP contribution >= 0.6 is 0 Å². The molecular formula is C17H30N2O5. The van der Waals surface area contributed by atoms with Crippen LogP contribution in [0.5, 0.6) is 0 Å². The summed E-state index contributed by atoms with van der Waals surface area (Å²) in [6.07, 6.45) is 2.19. The molecule has 2 saturated heterocycles. The summed E-state index contributed by atoms with van der Waals surface area (Å²) in [5.74, 6) is -0.971. The number of hydrogen-bond donors (Lipinski definition) is 0. The third-order valence-corrected chi connectivity index (χ3v) is 4.50. The van der Waals surface area contributed by atoms with Crippen molar-refractivity contribution < 1.29 is 23.7 Å². The van der Waals surface area contributed by atoms with E-state index in [4.69, 9.17) is 24.0 Å². The molecule has 0 aliphatic carbocycles. The molecule has 0 radical (unpaired) electrons. The van der Waals surface area contributed by atoms with Gasteiger partial charge < -0.3 is 18.9 Å². The lowest BCUT2D eigenvalue weighted by atomic mass is 9.95. The van der Waals surface area contributed by atoms with E-state index in [2.05, 4.69) is 5.01 Å². The summed E-state index contributed by atoms with van der Waals surface area (Å²) in [7, 11) is 3.11. The Labute approximate surface area is 144 Å². The number of methoxy groups -OCH3 is 2. The van der Waals surface area contributed by atoms with E-state index in [0.29, 0.717) is 13.2 Å². The van der Waals surface area contributed by atoms with Gasteiger partial charge in [0, 0.05) is 13.7 Å². The van der Waals surface area contributed by atoms with Crippen LogP contribution < -0.4 is 0 Å². The standard InChI is InChI=1S/C17H30N2O5/c1-12(9-15(20)22-5)16-14(11-23-17(2,3)24-16)18-19-8-6-7-13(19)10-21-4/h12-13,16H,6-11H2,1-5H3/b18-14+/t12-,13-,16-/m0/s1. The Bertz CT molecular complexity index is 466. The molecule has 7 heteroatoms. The summed E-state index contributed by atoms with van der Waals surface area (Å²) in [4.78, 5) is 11.6. The van der Waals surface area contributed by atoms with Gasteiger partial charge in [-0.1, -0.05) is 6.92 Å². The molecule has 3 atom stereocenters. The highest BCUT2D eigenvalue weighted by atomic mass is 16.7. The molecule has 2 fully saturated rings. The zero-order chi connectivity index (χ0) is 17.7. The van der Waals surface area contributed by atoms with Crippen molar-refractivity contribution in [1.29, 1.82) is 0 Å². The van der Waals surface area contributed by atoms with E-state index in [0.717, 1.165) is 25.1 Å². The fourth-order valence-corrected chi connectivity index (χ4v) is 3.20. The molecule has 0 aromatic heterocycles. The highest BCUT2D eigenvalue weighted by Crippen LogP contribution is 2.28. The molecule has 7 nitrogen and oxygen atoms in total. The zero-order valence-corrected chi connectivity index (χ0v) is 15.4.